The summed E-state index contributed by atoms with van der Waals surface area (Å²) in [5.41, 5.74) is 0. The number of nitrogens with one attached hydrogen (secondary N) is 2. The molecule has 0 saturated carbocycles. The van der Waals surface area contributed by atoms with E-state index in [-0.39, 0.29) is 18.0 Å². The molecule has 94 valence electrons. The lowest BCUT2D eigenvalue weighted by Crippen LogP contribution is -2.92. The van der Waals surface area contributed by atoms with Crippen LogP contribution in [-0.4, -0.2) is 25.0 Å². The Balaban J connectivity index is 2.46. The molecule has 0 aliphatic heterocycles. The average Bonchev–Trinajstić information content (AvgIpc) is 2.82. The summed E-state index contributed by atoms with van der Waals surface area (Å²) in [7, 11) is 1.46. The second kappa shape index (κ2) is 6.05. The number of hydrogen-bond acceptors (Lipinski definition) is 3. The highest BCUT2D eigenvalue weighted by Crippen LogP contribution is 2.07. The molecule has 1 aromatic heterocycles. The molecule has 1 rings (SSSR count). The largest absolute Gasteiger partial charge is 0.463 e. The molecule has 0 spiro atoms. The third-order valence-corrected chi connectivity index (χ3v) is 2.45. The van der Waals surface area contributed by atoms with Crippen LogP contribution in [0.1, 0.15) is 25.6 Å². The molecule has 6 nitrogen and oxygen atoms in total. The van der Waals surface area contributed by atoms with Crippen molar-refractivity contribution in [1.29, 1.82) is 0 Å². The molecule has 17 heavy (non-hydrogen) atoms. The Bertz CT molecular complexity index is 375. The van der Waals surface area contributed by atoms with Crippen molar-refractivity contribution < 1.29 is 19.3 Å². The molecule has 0 saturated heterocycles. The van der Waals surface area contributed by atoms with Gasteiger partial charge in [-0.15, -0.1) is 0 Å². The van der Waals surface area contributed by atoms with Gasteiger partial charge in [0, 0.05) is 7.05 Å². The first kappa shape index (κ1) is 13.2. The summed E-state index contributed by atoms with van der Waals surface area (Å²) in [4.78, 5) is 22.5. The summed E-state index contributed by atoms with van der Waals surface area (Å²) in [6.07, 6.45) is 1.59. The zero-order valence-electron chi connectivity index (χ0n) is 10.2. The van der Waals surface area contributed by atoms with Gasteiger partial charge in [0.15, 0.2) is 11.8 Å². The summed E-state index contributed by atoms with van der Waals surface area (Å²) in [6.45, 7) is 3.67. The van der Waals surface area contributed by atoms with Crippen molar-refractivity contribution in [1.82, 2.24) is 10.6 Å². The number of carbonyl (C=O) groups excluding carboxylic acids is 2. The predicted octanol–water partition coefficient (Wildman–Crippen LogP) is -0.252. The van der Waals surface area contributed by atoms with Gasteiger partial charge in [-0.1, -0.05) is 0 Å². The lowest BCUT2D eigenvalue weighted by atomic mass is 10.2. The fraction of sp³-hybridized carbons (Fsp3) is 0.455. The van der Waals surface area contributed by atoms with Crippen LogP contribution in [0.5, 0.6) is 0 Å². The van der Waals surface area contributed by atoms with Gasteiger partial charge < -0.3 is 15.1 Å². The number of nitrogens with two attached hydrogens (primary N) is 1. The van der Waals surface area contributed by atoms with E-state index in [1.807, 2.05) is 18.3 Å². The van der Waals surface area contributed by atoms with Gasteiger partial charge in [0.25, 0.3) is 5.91 Å². The molecule has 1 heterocycles. The maximum absolute atomic E-state index is 11.6. The molecule has 3 amide bonds. The summed E-state index contributed by atoms with van der Waals surface area (Å²) < 4.78 is 5.24. The van der Waals surface area contributed by atoms with Gasteiger partial charge in [-0.2, -0.15) is 0 Å². The van der Waals surface area contributed by atoms with Crippen molar-refractivity contribution in [2.24, 2.45) is 0 Å². The highest BCUT2D eigenvalue weighted by atomic mass is 16.3. The molecule has 2 atom stereocenters. The lowest BCUT2D eigenvalue weighted by Gasteiger charge is -2.14. The van der Waals surface area contributed by atoms with Crippen LogP contribution in [0.2, 0.25) is 0 Å². The first-order chi connectivity index (χ1) is 8.04. The summed E-state index contributed by atoms with van der Waals surface area (Å²) >= 11 is 0. The number of quaternary nitrogens is 1. The summed E-state index contributed by atoms with van der Waals surface area (Å²) in [5.74, 6) is 0.465. The smallest absolute Gasteiger partial charge is 0.321 e. The Kier molecular flexibility index (Phi) is 4.71. The van der Waals surface area contributed by atoms with Gasteiger partial charge in [-0.25, -0.2) is 4.79 Å². The number of carbonyl (C=O) groups is 2. The first-order valence-electron chi connectivity index (χ1n) is 5.45. The minimum Gasteiger partial charge on any atom is -0.463 e. The van der Waals surface area contributed by atoms with Crippen LogP contribution in [0.3, 0.4) is 0 Å². The second-order valence-corrected chi connectivity index (χ2v) is 3.85. The van der Waals surface area contributed by atoms with Gasteiger partial charge in [-0.05, 0) is 26.0 Å². The molecule has 0 bridgehead atoms. The number of urea groups is 1. The Morgan fingerprint density at radius 2 is 2.12 bits per heavy atom. The monoisotopic (exact) mass is 240 g/mol. The molecule has 6 heteroatoms. The molecular weight excluding hydrogens is 222 g/mol. The minimum atomic E-state index is -0.499. The maximum Gasteiger partial charge on any atom is 0.321 e. The van der Waals surface area contributed by atoms with Crippen molar-refractivity contribution in [3.8, 4) is 0 Å². The number of rotatable bonds is 4. The zero-order chi connectivity index (χ0) is 12.8. The minimum absolute atomic E-state index is 0.0236. The topological polar surface area (TPSA) is 88.0 Å². The van der Waals surface area contributed by atoms with Gasteiger partial charge >= 0.3 is 6.03 Å². The quantitative estimate of drug-likeness (QED) is 0.678. The van der Waals surface area contributed by atoms with Crippen molar-refractivity contribution in [3.05, 3.63) is 24.2 Å². The van der Waals surface area contributed by atoms with Crippen molar-refractivity contribution in [2.45, 2.75) is 25.9 Å². The maximum atomic E-state index is 11.6. The highest BCUT2D eigenvalue weighted by Gasteiger charge is 2.22. The van der Waals surface area contributed by atoms with Gasteiger partial charge in [0.2, 0.25) is 0 Å². The van der Waals surface area contributed by atoms with E-state index >= 15 is 0 Å². The highest BCUT2D eigenvalue weighted by molar-refractivity contribution is 5.95. The van der Waals surface area contributed by atoms with E-state index in [2.05, 4.69) is 10.6 Å². The molecule has 0 unspecified atom stereocenters. The third-order valence-electron chi connectivity index (χ3n) is 2.45. The van der Waals surface area contributed by atoms with Crippen LogP contribution < -0.4 is 16.0 Å². The molecule has 1 aromatic rings. The Labute approximate surface area is 99.8 Å². The van der Waals surface area contributed by atoms with Crippen LogP contribution in [0.15, 0.2) is 22.8 Å². The normalized spacial score (nSPS) is 13.8. The number of amides is 3. The molecule has 0 aromatic carbocycles. The average molecular weight is 240 g/mol. The van der Waals surface area contributed by atoms with Crippen LogP contribution in [0.25, 0.3) is 0 Å². The third kappa shape index (κ3) is 3.92. The van der Waals surface area contributed by atoms with E-state index in [0.717, 1.165) is 5.76 Å². The van der Waals surface area contributed by atoms with Gasteiger partial charge in [-0.3, -0.25) is 10.1 Å². The van der Waals surface area contributed by atoms with E-state index in [4.69, 9.17) is 4.42 Å². The van der Waals surface area contributed by atoms with Crippen molar-refractivity contribution >= 4 is 11.9 Å². The molecule has 0 fully saturated rings. The van der Waals surface area contributed by atoms with E-state index in [1.54, 1.807) is 19.3 Å². The molecule has 0 radical (unpaired) electrons. The van der Waals surface area contributed by atoms with Crippen LogP contribution in [0, 0.1) is 0 Å². The Morgan fingerprint density at radius 1 is 1.41 bits per heavy atom. The summed E-state index contributed by atoms with van der Waals surface area (Å²) in [5, 5.41) is 6.39. The lowest BCUT2D eigenvalue weighted by molar-refractivity contribution is -0.711. The van der Waals surface area contributed by atoms with Gasteiger partial charge in [0.1, 0.15) is 6.04 Å². The predicted molar refractivity (Wildman–Crippen MR) is 61.1 cm³/mol. The van der Waals surface area contributed by atoms with Crippen molar-refractivity contribution in [2.75, 3.05) is 7.05 Å². The van der Waals surface area contributed by atoms with E-state index in [1.165, 1.54) is 7.05 Å². The van der Waals surface area contributed by atoms with Gasteiger partial charge in [0.05, 0.1) is 6.26 Å². The number of imide groups is 1. The van der Waals surface area contributed by atoms with E-state index in [9.17, 15) is 9.59 Å². The fourth-order valence-electron chi connectivity index (χ4n) is 1.45. The van der Waals surface area contributed by atoms with Crippen LogP contribution >= 0.6 is 0 Å². The Hall–Kier alpha value is -1.82. The second-order valence-electron chi connectivity index (χ2n) is 3.85. The van der Waals surface area contributed by atoms with E-state index in [0.29, 0.717) is 0 Å². The number of furan rings is 1. The Morgan fingerprint density at radius 3 is 2.65 bits per heavy atom. The van der Waals surface area contributed by atoms with Crippen molar-refractivity contribution in [3.63, 3.8) is 0 Å². The molecule has 0 aliphatic carbocycles. The standard InChI is InChI=1S/C11H17N3O3/c1-7(9-5-4-6-17-9)13-8(2)10(15)14-11(16)12-3/h4-8,13H,1-3H3,(H2,12,14,15,16)/p+1/t7-,8+/m1/s1. The number of hydrogen-bond donors (Lipinski definition) is 3. The van der Waals surface area contributed by atoms with Crippen LogP contribution in [-0.2, 0) is 4.79 Å². The summed E-state index contributed by atoms with van der Waals surface area (Å²) in [6, 6.07) is 2.81. The SMILES string of the molecule is CNC(=O)NC(=O)[C@H](C)[NH2+][C@H](C)c1ccco1. The fourth-order valence-corrected chi connectivity index (χ4v) is 1.45. The first-order valence-corrected chi connectivity index (χ1v) is 5.45. The molecule has 0 aliphatic rings. The molecular formula is C11H18N3O3+. The van der Waals surface area contributed by atoms with Crippen LogP contribution in [0.4, 0.5) is 4.79 Å². The van der Waals surface area contributed by atoms with E-state index < -0.39 is 6.03 Å². The zero-order valence-corrected chi connectivity index (χ0v) is 10.2. The molecule has 4 N–H and O–H groups in total.